The van der Waals surface area contributed by atoms with Crippen molar-refractivity contribution in [1.82, 2.24) is 4.90 Å². The lowest BCUT2D eigenvalue weighted by Crippen LogP contribution is -2.39. The number of alkyl halides is 1. The maximum absolute atomic E-state index is 12.8. The summed E-state index contributed by atoms with van der Waals surface area (Å²) in [7, 11) is 0. The number of ether oxygens (including phenoxy) is 1. The first-order chi connectivity index (χ1) is 8.78. The molecule has 0 fully saturated rings. The van der Waals surface area contributed by atoms with E-state index >= 15 is 0 Å². The van der Waals surface area contributed by atoms with Gasteiger partial charge in [0.1, 0.15) is 5.60 Å². The molecule has 1 N–H and O–H groups in total. The predicted octanol–water partition coefficient (Wildman–Crippen LogP) is 2.71. The van der Waals surface area contributed by atoms with Gasteiger partial charge in [-0.1, -0.05) is 30.3 Å². The third-order valence-corrected chi connectivity index (χ3v) is 2.24. The van der Waals surface area contributed by atoms with E-state index in [1.54, 1.807) is 20.8 Å². The summed E-state index contributed by atoms with van der Waals surface area (Å²) in [4.78, 5) is 13.1. The van der Waals surface area contributed by atoms with E-state index in [9.17, 15) is 9.18 Å². The largest absolute Gasteiger partial charge is 0.444 e. The highest BCUT2D eigenvalue weighted by Crippen LogP contribution is 2.13. The number of aliphatic hydroxyl groups excluding tert-OH is 1. The number of aliphatic hydroxyl groups is 1. The number of halogens is 1. The monoisotopic (exact) mass is 269 g/mol. The average Bonchev–Trinajstić information content (AvgIpc) is 2.26. The Labute approximate surface area is 112 Å². The molecule has 1 aromatic rings. The predicted molar refractivity (Wildman–Crippen MR) is 70.2 cm³/mol. The van der Waals surface area contributed by atoms with Crippen LogP contribution in [-0.2, 0) is 11.3 Å². The molecule has 0 saturated carbocycles. The van der Waals surface area contributed by atoms with Crippen LogP contribution < -0.4 is 0 Å². The molecule has 0 aromatic heterocycles. The molecule has 1 aromatic carbocycles. The van der Waals surface area contributed by atoms with E-state index in [1.165, 1.54) is 0 Å². The molecule has 0 saturated heterocycles. The highest BCUT2D eigenvalue weighted by atomic mass is 19.1. The van der Waals surface area contributed by atoms with Crippen molar-refractivity contribution in [2.75, 3.05) is 6.54 Å². The number of benzene rings is 1. The highest BCUT2D eigenvalue weighted by Gasteiger charge is 2.24. The number of rotatable bonds is 4. The molecule has 1 unspecified atom stereocenters. The summed E-state index contributed by atoms with van der Waals surface area (Å²) in [5.41, 5.74) is 0.182. The molecule has 1 rings (SSSR count). The Morgan fingerprint density at radius 2 is 1.95 bits per heavy atom. The van der Waals surface area contributed by atoms with Gasteiger partial charge in [-0.15, -0.1) is 0 Å². The van der Waals surface area contributed by atoms with Crippen LogP contribution in [0.2, 0.25) is 0 Å². The normalized spacial score (nSPS) is 12.9. The SMILES string of the molecule is CC(C)(C)OC(=O)N(Cc1ccccc1)CC(O)F. The molecule has 0 bridgehead atoms. The minimum atomic E-state index is -2.09. The van der Waals surface area contributed by atoms with Crippen LogP contribution in [0.4, 0.5) is 9.18 Å². The van der Waals surface area contributed by atoms with Crippen LogP contribution in [0.3, 0.4) is 0 Å². The standard InChI is InChI=1S/C14H20FNO3/c1-14(2,3)19-13(18)16(10-12(15)17)9-11-7-5-4-6-8-11/h4-8,12,17H,9-10H2,1-3H3. The van der Waals surface area contributed by atoms with Crippen molar-refractivity contribution >= 4 is 6.09 Å². The molecule has 1 amide bonds. The van der Waals surface area contributed by atoms with Gasteiger partial charge in [-0.25, -0.2) is 9.18 Å². The number of hydrogen-bond acceptors (Lipinski definition) is 3. The van der Waals surface area contributed by atoms with Gasteiger partial charge in [0.05, 0.1) is 6.54 Å². The topological polar surface area (TPSA) is 49.8 Å². The Balaban J connectivity index is 2.74. The Kier molecular flexibility index (Phi) is 5.30. The van der Waals surface area contributed by atoms with Gasteiger partial charge in [0.25, 0.3) is 0 Å². The van der Waals surface area contributed by atoms with Crippen molar-refractivity contribution in [2.45, 2.75) is 39.3 Å². The van der Waals surface area contributed by atoms with Crippen molar-refractivity contribution in [3.63, 3.8) is 0 Å². The van der Waals surface area contributed by atoms with E-state index in [-0.39, 0.29) is 6.54 Å². The van der Waals surface area contributed by atoms with Crippen LogP contribution >= 0.6 is 0 Å². The molecule has 0 radical (unpaired) electrons. The summed E-state index contributed by atoms with van der Waals surface area (Å²) in [6.07, 6.45) is -2.73. The van der Waals surface area contributed by atoms with E-state index in [0.29, 0.717) is 0 Å². The zero-order valence-electron chi connectivity index (χ0n) is 11.5. The molecule has 0 aliphatic rings. The molecule has 0 aliphatic heterocycles. The molecule has 0 heterocycles. The zero-order chi connectivity index (χ0) is 14.5. The fourth-order valence-electron chi connectivity index (χ4n) is 1.52. The quantitative estimate of drug-likeness (QED) is 0.914. The van der Waals surface area contributed by atoms with Gasteiger partial charge in [0.15, 0.2) is 0 Å². The van der Waals surface area contributed by atoms with Gasteiger partial charge in [0.2, 0.25) is 6.36 Å². The molecular formula is C14H20FNO3. The number of carbonyl (C=O) groups is 1. The van der Waals surface area contributed by atoms with Crippen molar-refractivity contribution < 1.29 is 19.0 Å². The minimum absolute atomic E-state index is 0.191. The van der Waals surface area contributed by atoms with Crippen molar-refractivity contribution in [3.8, 4) is 0 Å². The Morgan fingerprint density at radius 1 is 1.37 bits per heavy atom. The van der Waals surface area contributed by atoms with E-state index in [4.69, 9.17) is 9.84 Å². The summed E-state index contributed by atoms with van der Waals surface area (Å²) >= 11 is 0. The molecule has 0 spiro atoms. The van der Waals surface area contributed by atoms with Crippen molar-refractivity contribution in [2.24, 2.45) is 0 Å². The van der Waals surface area contributed by atoms with Crippen LogP contribution in [0.25, 0.3) is 0 Å². The number of amides is 1. The summed E-state index contributed by atoms with van der Waals surface area (Å²) in [6, 6.07) is 9.15. The lowest BCUT2D eigenvalue weighted by atomic mass is 10.2. The first kappa shape index (κ1) is 15.4. The van der Waals surface area contributed by atoms with Gasteiger partial charge in [-0.3, -0.25) is 4.90 Å². The Bertz CT molecular complexity index is 401. The van der Waals surface area contributed by atoms with Gasteiger partial charge in [-0.05, 0) is 26.3 Å². The molecule has 4 nitrogen and oxygen atoms in total. The van der Waals surface area contributed by atoms with Crippen LogP contribution in [0.15, 0.2) is 30.3 Å². The molecule has 5 heteroatoms. The lowest BCUT2D eigenvalue weighted by Gasteiger charge is -2.27. The zero-order valence-corrected chi connectivity index (χ0v) is 11.5. The number of hydrogen-bond donors (Lipinski definition) is 1. The van der Waals surface area contributed by atoms with Crippen LogP contribution in [0.1, 0.15) is 26.3 Å². The summed E-state index contributed by atoms with van der Waals surface area (Å²) < 4.78 is 17.9. The second-order valence-corrected chi connectivity index (χ2v) is 5.28. The summed E-state index contributed by atoms with van der Waals surface area (Å²) in [6.45, 7) is 4.98. The van der Waals surface area contributed by atoms with Gasteiger partial charge in [-0.2, -0.15) is 0 Å². The Morgan fingerprint density at radius 3 is 2.42 bits per heavy atom. The molecule has 0 aliphatic carbocycles. The molecular weight excluding hydrogens is 249 g/mol. The third-order valence-electron chi connectivity index (χ3n) is 2.24. The lowest BCUT2D eigenvalue weighted by molar-refractivity contribution is -0.0165. The van der Waals surface area contributed by atoms with Gasteiger partial charge in [0, 0.05) is 6.54 Å². The summed E-state index contributed by atoms with van der Waals surface area (Å²) in [5.74, 6) is 0. The smallest absolute Gasteiger partial charge is 0.410 e. The third kappa shape index (κ3) is 6.20. The highest BCUT2D eigenvalue weighted by molar-refractivity contribution is 5.68. The summed E-state index contributed by atoms with van der Waals surface area (Å²) in [5, 5.41) is 8.83. The molecule has 1 atom stereocenters. The first-order valence-corrected chi connectivity index (χ1v) is 6.12. The molecule has 19 heavy (non-hydrogen) atoms. The first-order valence-electron chi connectivity index (χ1n) is 6.12. The minimum Gasteiger partial charge on any atom is -0.444 e. The number of nitrogens with zero attached hydrogens (tertiary/aromatic N) is 1. The Hall–Kier alpha value is -1.62. The fourth-order valence-corrected chi connectivity index (χ4v) is 1.52. The van der Waals surface area contributed by atoms with E-state index in [0.717, 1.165) is 10.5 Å². The maximum atomic E-state index is 12.8. The second kappa shape index (κ2) is 6.52. The van der Waals surface area contributed by atoms with E-state index in [1.807, 2.05) is 30.3 Å². The van der Waals surface area contributed by atoms with Crippen LogP contribution in [0.5, 0.6) is 0 Å². The van der Waals surface area contributed by atoms with Crippen LogP contribution in [-0.4, -0.2) is 34.6 Å². The van der Waals surface area contributed by atoms with Crippen molar-refractivity contribution in [1.29, 1.82) is 0 Å². The molecule has 106 valence electrons. The maximum Gasteiger partial charge on any atom is 0.410 e. The average molecular weight is 269 g/mol. The second-order valence-electron chi connectivity index (χ2n) is 5.28. The number of carbonyl (C=O) groups excluding carboxylic acids is 1. The van der Waals surface area contributed by atoms with Gasteiger partial charge < -0.3 is 9.84 Å². The fraction of sp³-hybridized carbons (Fsp3) is 0.500. The van der Waals surface area contributed by atoms with Gasteiger partial charge >= 0.3 is 6.09 Å². The van der Waals surface area contributed by atoms with E-state index in [2.05, 4.69) is 0 Å². The van der Waals surface area contributed by atoms with E-state index < -0.39 is 24.6 Å². The van der Waals surface area contributed by atoms with Crippen molar-refractivity contribution in [3.05, 3.63) is 35.9 Å². The van der Waals surface area contributed by atoms with Crippen LogP contribution in [0, 0.1) is 0 Å².